The highest BCUT2D eigenvalue weighted by Crippen LogP contribution is 2.23. The van der Waals surface area contributed by atoms with E-state index in [-0.39, 0.29) is 29.7 Å². The summed E-state index contributed by atoms with van der Waals surface area (Å²) in [5, 5.41) is 3.32. The van der Waals surface area contributed by atoms with Crippen LogP contribution in [-0.2, 0) is 16.4 Å². The van der Waals surface area contributed by atoms with Gasteiger partial charge in [0.1, 0.15) is 5.82 Å². The summed E-state index contributed by atoms with van der Waals surface area (Å²) < 4.78 is 23.6. The van der Waals surface area contributed by atoms with Crippen molar-refractivity contribution in [1.82, 2.24) is 15.2 Å². The molecule has 1 N–H and O–H groups in total. The van der Waals surface area contributed by atoms with Gasteiger partial charge in [-0.2, -0.15) is 0 Å². The summed E-state index contributed by atoms with van der Waals surface area (Å²) in [6.45, 7) is 11.1. The topological polar surface area (TPSA) is 77.9 Å². The molecule has 0 saturated carbocycles. The summed E-state index contributed by atoms with van der Waals surface area (Å²) in [7, 11) is -1.34. The monoisotopic (exact) mass is 509 g/mol. The molecule has 0 unspecified atom stereocenters. The lowest BCUT2D eigenvalue weighted by molar-refractivity contribution is 0.353. The molecule has 0 aliphatic carbocycles. The normalized spacial score (nSPS) is 18.6. The van der Waals surface area contributed by atoms with Crippen molar-refractivity contribution in [3.05, 3.63) is 23.9 Å². The average molecular weight is 509 g/mol. The zero-order valence-electron chi connectivity index (χ0n) is 16.9. The number of nitrogens with zero attached hydrogens (tertiary/aromatic N) is 4. The lowest BCUT2D eigenvalue weighted by Gasteiger charge is -2.39. The molecule has 1 fully saturated rings. The first kappa shape index (κ1) is 23.9. The van der Waals surface area contributed by atoms with Crippen molar-refractivity contribution in [1.29, 1.82) is 0 Å². The second-order valence-electron chi connectivity index (χ2n) is 7.10. The second-order valence-corrected chi connectivity index (χ2v) is 9.84. The summed E-state index contributed by atoms with van der Waals surface area (Å²) in [5.74, 6) is 1.85. The van der Waals surface area contributed by atoms with Crippen molar-refractivity contribution in [2.24, 2.45) is 4.99 Å². The minimum absolute atomic E-state index is 0. The van der Waals surface area contributed by atoms with E-state index in [0.717, 1.165) is 30.4 Å². The summed E-state index contributed by atoms with van der Waals surface area (Å²) in [5.41, 5.74) is 1.06. The van der Waals surface area contributed by atoms with Crippen molar-refractivity contribution < 1.29 is 8.42 Å². The summed E-state index contributed by atoms with van der Waals surface area (Å²) in [6, 6.07) is 4.09. The van der Waals surface area contributed by atoms with Gasteiger partial charge in [-0.1, -0.05) is 6.07 Å². The first-order chi connectivity index (χ1) is 12.2. The highest BCUT2D eigenvalue weighted by atomic mass is 127. The summed E-state index contributed by atoms with van der Waals surface area (Å²) in [4.78, 5) is 13.1. The van der Waals surface area contributed by atoms with Gasteiger partial charge in [-0.3, -0.25) is 4.99 Å². The highest BCUT2D eigenvalue weighted by molar-refractivity contribution is 14.0. The van der Waals surface area contributed by atoms with E-state index in [9.17, 15) is 8.42 Å². The molecule has 9 heteroatoms. The molecular weight excluding hydrogens is 477 g/mol. The predicted octanol–water partition coefficient (Wildman–Crippen LogP) is 2.13. The van der Waals surface area contributed by atoms with E-state index in [1.165, 1.54) is 0 Å². The number of guanidine groups is 1. The van der Waals surface area contributed by atoms with E-state index in [1.54, 1.807) is 20.9 Å². The number of aliphatic imine (C=N–C) groups is 1. The van der Waals surface area contributed by atoms with E-state index < -0.39 is 14.6 Å². The number of anilines is 1. The third-order valence-corrected chi connectivity index (χ3v) is 7.43. The zero-order chi connectivity index (χ0) is 19.4. The molecular formula is C18H32IN5O2S. The van der Waals surface area contributed by atoms with Crippen molar-refractivity contribution >= 4 is 45.6 Å². The Balaban J connectivity index is 0.00000364. The van der Waals surface area contributed by atoms with Crippen LogP contribution in [0.25, 0.3) is 0 Å². The van der Waals surface area contributed by atoms with Crippen LogP contribution in [0.15, 0.2) is 23.3 Å². The molecule has 154 valence electrons. The van der Waals surface area contributed by atoms with Crippen LogP contribution < -0.4 is 10.2 Å². The van der Waals surface area contributed by atoms with Gasteiger partial charge in [0.25, 0.3) is 0 Å². The lowest BCUT2D eigenvalue weighted by atomic mass is 10.2. The number of sulfone groups is 1. The molecule has 27 heavy (non-hydrogen) atoms. The summed E-state index contributed by atoms with van der Waals surface area (Å²) >= 11 is 0. The zero-order valence-corrected chi connectivity index (χ0v) is 20.0. The Bertz CT molecular complexity index is 731. The van der Waals surface area contributed by atoms with Gasteiger partial charge in [0.2, 0.25) is 0 Å². The SMILES string of the molecule is CCN(CC)c1ccc(CNC(=NC)N2CCS(=O)(=O)C(C)(C)C2)cn1.I. The molecule has 0 amide bonds. The van der Waals surface area contributed by atoms with Gasteiger partial charge in [-0.25, -0.2) is 13.4 Å². The second kappa shape index (κ2) is 9.90. The standard InChI is InChI=1S/C18H31N5O2S.HI/c1-6-22(7-2)16-9-8-15(12-20-16)13-21-17(19-5)23-10-11-26(24,25)18(3,4)14-23;/h8-9,12H,6-7,10-11,13-14H2,1-5H3,(H,19,21);1H. The van der Waals surface area contributed by atoms with Crippen LogP contribution in [0.4, 0.5) is 5.82 Å². The van der Waals surface area contributed by atoms with Gasteiger partial charge in [0, 0.05) is 46.0 Å². The van der Waals surface area contributed by atoms with Gasteiger partial charge < -0.3 is 15.1 Å². The number of nitrogens with one attached hydrogen (secondary N) is 1. The Kier molecular flexibility index (Phi) is 8.78. The van der Waals surface area contributed by atoms with Crippen LogP contribution in [0.1, 0.15) is 33.3 Å². The van der Waals surface area contributed by atoms with Crippen LogP contribution in [0.2, 0.25) is 0 Å². The molecule has 1 aromatic heterocycles. The molecule has 0 spiro atoms. The minimum Gasteiger partial charge on any atom is -0.357 e. The summed E-state index contributed by atoms with van der Waals surface area (Å²) in [6.07, 6.45) is 1.87. The molecule has 2 rings (SSSR count). The maximum absolute atomic E-state index is 12.2. The van der Waals surface area contributed by atoms with Gasteiger partial charge in [0.15, 0.2) is 15.8 Å². The van der Waals surface area contributed by atoms with E-state index in [4.69, 9.17) is 0 Å². The Hall–Kier alpha value is -1.10. The molecule has 2 heterocycles. The molecule has 0 bridgehead atoms. The van der Waals surface area contributed by atoms with E-state index in [0.29, 0.717) is 19.6 Å². The molecule has 1 aromatic rings. The molecule has 7 nitrogen and oxygen atoms in total. The van der Waals surface area contributed by atoms with Gasteiger partial charge in [-0.15, -0.1) is 24.0 Å². The number of halogens is 1. The Morgan fingerprint density at radius 2 is 2.00 bits per heavy atom. The van der Waals surface area contributed by atoms with Crippen LogP contribution >= 0.6 is 24.0 Å². The molecule has 0 aromatic carbocycles. The smallest absolute Gasteiger partial charge is 0.193 e. The van der Waals surface area contributed by atoms with Crippen molar-refractivity contribution in [3.8, 4) is 0 Å². The maximum atomic E-state index is 12.2. The first-order valence-electron chi connectivity index (χ1n) is 9.12. The van der Waals surface area contributed by atoms with Crippen LogP contribution in [-0.4, -0.2) is 68.0 Å². The van der Waals surface area contributed by atoms with E-state index in [1.807, 2.05) is 17.2 Å². The Labute approximate surface area is 180 Å². The van der Waals surface area contributed by atoms with Crippen LogP contribution in [0, 0.1) is 0 Å². The average Bonchev–Trinajstić information content (AvgIpc) is 2.61. The van der Waals surface area contributed by atoms with Gasteiger partial charge in [0.05, 0.1) is 10.5 Å². The van der Waals surface area contributed by atoms with Crippen molar-refractivity contribution in [3.63, 3.8) is 0 Å². The third kappa shape index (κ3) is 5.69. The van der Waals surface area contributed by atoms with Crippen molar-refractivity contribution in [2.75, 3.05) is 43.9 Å². The fraction of sp³-hybridized carbons (Fsp3) is 0.667. The van der Waals surface area contributed by atoms with Gasteiger partial charge >= 0.3 is 0 Å². The Morgan fingerprint density at radius 1 is 1.33 bits per heavy atom. The largest absolute Gasteiger partial charge is 0.357 e. The number of pyridine rings is 1. The molecule has 0 atom stereocenters. The fourth-order valence-electron chi connectivity index (χ4n) is 3.09. The van der Waals surface area contributed by atoms with Gasteiger partial charge in [-0.05, 0) is 39.3 Å². The van der Waals surface area contributed by atoms with Crippen molar-refractivity contribution in [2.45, 2.75) is 39.0 Å². The number of hydrogen-bond donors (Lipinski definition) is 1. The molecule has 0 radical (unpaired) electrons. The fourth-order valence-corrected chi connectivity index (χ4v) is 4.46. The first-order valence-corrected chi connectivity index (χ1v) is 10.8. The number of rotatable bonds is 5. The molecule has 1 aliphatic heterocycles. The quantitative estimate of drug-likeness (QED) is 0.373. The highest BCUT2D eigenvalue weighted by Gasteiger charge is 2.40. The Morgan fingerprint density at radius 3 is 2.48 bits per heavy atom. The molecule has 1 saturated heterocycles. The number of aromatic nitrogens is 1. The lowest BCUT2D eigenvalue weighted by Crippen LogP contribution is -2.57. The minimum atomic E-state index is -3.06. The third-order valence-electron chi connectivity index (χ3n) is 4.90. The van der Waals surface area contributed by atoms with E-state index in [2.05, 4.69) is 40.1 Å². The van der Waals surface area contributed by atoms with Crippen LogP contribution in [0.5, 0.6) is 0 Å². The van der Waals surface area contributed by atoms with E-state index >= 15 is 0 Å². The molecule has 1 aliphatic rings. The number of hydrogen-bond acceptors (Lipinski definition) is 5. The maximum Gasteiger partial charge on any atom is 0.193 e. The van der Waals surface area contributed by atoms with Crippen LogP contribution in [0.3, 0.4) is 0 Å². The predicted molar refractivity (Wildman–Crippen MR) is 123 cm³/mol.